The topological polar surface area (TPSA) is 86.9 Å². The van der Waals surface area contributed by atoms with Crippen molar-refractivity contribution in [3.63, 3.8) is 0 Å². The molecule has 0 saturated heterocycles. The van der Waals surface area contributed by atoms with Crippen molar-refractivity contribution in [2.75, 3.05) is 0 Å². The Morgan fingerprint density at radius 3 is 2.49 bits per heavy atom. The zero-order valence-corrected chi connectivity index (χ0v) is 18.2. The number of amides is 1. The summed E-state index contributed by atoms with van der Waals surface area (Å²) in [6.45, 7) is -3.73. The number of carbonyl (C=O) groups is 1. The summed E-state index contributed by atoms with van der Waals surface area (Å²) in [7, 11) is 0.954. The van der Waals surface area contributed by atoms with Crippen LogP contribution in [0.3, 0.4) is 0 Å². The highest BCUT2D eigenvalue weighted by Crippen LogP contribution is 2.48. The highest BCUT2D eigenvalue weighted by Gasteiger charge is 2.62. The molecule has 1 fully saturated rings. The number of alkyl halides is 7. The summed E-state index contributed by atoms with van der Waals surface area (Å²) in [5, 5.41) is 9.59. The van der Waals surface area contributed by atoms with E-state index in [0.717, 1.165) is 37.0 Å². The van der Waals surface area contributed by atoms with Gasteiger partial charge in [-0.05, 0) is 18.9 Å². The Balaban J connectivity index is 1.75. The molecule has 0 bridgehead atoms. The number of nitrogens with zero attached hydrogens (tertiary/aromatic N) is 5. The van der Waals surface area contributed by atoms with E-state index < -0.39 is 41.9 Å². The van der Waals surface area contributed by atoms with Crippen LogP contribution in [0.15, 0.2) is 24.7 Å². The molecule has 1 N–H and O–H groups in total. The molecule has 1 amide bonds. The van der Waals surface area contributed by atoms with Gasteiger partial charge in [0.05, 0.1) is 11.8 Å². The average molecular weight is 527 g/mol. The third kappa shape index (κ3) is 4.76. The Labute approximate surface area is 196 Å². The first-order valence-corrected chi connectivity index (χ1v) is 10.2. The van der Waals surface area contributed by atoms with E-state index in [1.54, 1.807) is 0 Å². The summed E-state index contributed by atoms with van der Waals surface area (Å²) < 4.78 is 97.8. The Morgan fingerprint density at radius 1 is 1.20 bits per heavy atom. The number of aryl methyl sites for hydroxylation is 1. The zero-order valence-electron chi connectivity index (χ0n) is 17.5. The third-order valence-corrected chi connectivity index (χ3v) is 5.27. The Bertz CT molecular complexity index is 1270. The van der Waals surface area contributed by atoms with Gasteiger partial charge in [-0.3, -0.25) is 4.79 Å². The van der Waals surface area contributed by atoms with E-state index in [1.807, 2.05) is 0 Å². The summed E-state index contributed by atoms with van der Waals surface area (Å²) in [6.07, 6.45) is -0.938. The molecule has 35 heavy (non-hydrogen) atoms. The smallest absolute Gasteiger partial charge is 0.428 e. The molecule has 1 aliphatic carbocycles. The van der Waals surface area contributed by atoms with E-state index >= 15 is 0 Å². The quantitative estimate of drug-likeness (QED) is 0.363. The predicted molar refractivity (Wildman–Crippen MR) is 106 cm³/mol. The molecule has 16 heteroatoms. The first-order valence-electron chi connectivity index (χ1n) is 9.78. The largest absolute Gasteiger partial charge is 0.459 e. The Hall–Kier alpha value is -3.36. The van der Waals surface area contributed by atoms with Gasteiger partial charge in [-0.2, -0.15) is 40.9 Å². The maximum absolute atomic E-state index is 14.0. The van der Waals surface area contributed by atoms with Crippen LogP contribution in [0.2, 0.25) is 5.15 Å². The Kier molecular flexibility index (Phi) is 6.15. The number of rotatable bonds is 7. The van der Waals surface area contributed by atoms with Crippen LogP contribution >= 0.6 is 11.6 Å². The molecule has 3 aromatic heterocycles. The van der Waals surface area contributed by atoms with Crippen LogP contribution in [0, 0.1) is 0 Å². The number of aromatic nitrogens is 5. The summed E-state index contributed by atoms with van der Waals surface area (Å²) in [6, 6.07) is 1.41. The van der Waals surface area contributed by atoms with Gasteiger partial charge < -0.3 is 10.1 Å². The van der Waals surface area contributed by atoms with Crippen molar-refractivity contribution in [3.8, 4) is 22.7 Å². The van der Waals surface area contributed by atoms with E-state index in [1.165, 1.54) is 12.3 Å². The fourth-order valence-electron chi connectivity index (χ4n) is 3.13. The van der Waals surface area contributed by atoms with Gasteiger partial charge in [-0.15, -0.1) is 0 Å². The number of hydrogen-bond acceptors (Lipinski definition) is 5. The third-order valence-electron chi connectivity index (χ3n) is 4.96. The minimum Gasteiger partial charge on any atom is -0.428 e. The van der Waals surface area contributed by atoms with Gasteiger partial charge in [0.1, 0.15) is 5.15 Å². The molecular formula is C19H14ClF7N6O2. The molecule has 8 nitrogen and oxygen atoms in total. The zero-order chi connectivity index (χ0) is 25.7. The molecule has 3 aromatic rings. The van der Waals surface area contributed by atoms with Gasteiger partial charge in [0.25, 0.3) is 5.91 Å². The van der Waals surface area contributed by atoms with Crippen LogP contribution in [0.4, 0.5) is 30.7 Å². The number of carbonyl (C=O) groups excluding carboxylic acids is 1. The highest BCUT2D eigenvalue weighted by atomic mass is 35.5. The molecule has 0 unspecified atom stereocenters. The second kappa shape index (κ2) is 8.70. The number of ether oxygens (including phenoxy) is 1. The van der Waals surface area contributed by atoms with Crippen molar-refractivity contribution < 1.29 is 40.3 Å². The van der Waals surface area contributed by atoms with Gasteiger partial charge in [0, 0.05) is 36.6 Å². The first-order chi connectivity index (χ1) is 16.3. The maximum atomic E-state index is 14.0. The van der Waals surface area contributed by atoms with E-state index in [-0.39, 0.29) is 27.9 Å². The van der Waals surface area contributed by atoms with Crippen LogP contribution < -0.4 is 10.1 Å². The lowest BCUT2D eigenvalue weighted by atomic mass is 10.1. The normalized spacial score (nSPS) is 14.5. The minimum absolute atomic E-state index is 0.0343. The van der Waals surface area contributed by atoms with E-state index in [0.29, 0.717) is 4.68 Å². The lowest BCUT2D eigenvalue weighted by molar-refractivity contribution is -0.291. The first kappa shape index (κ1) is 24.8. The lowest BCUT2D eigenvalue weighted by Gasteiger charge is -2.18. The van der Waals surface area contributed by atoms with Crippen LogP contribution in [0.5, 0.6) is 5.75 Å². The van der Waals surface area contributed by atoms with Gasteiger partial charge in [0.2, 0.25) is 0 Å². The van der Waals surface area contributed by atoms with Crippen molar-refractivity contribution in [2.24, 2.45) is 7.05 Å². The highest BCUT2D eigenvalue weighted by molar-refractivity contribution is 6.32. The van der Waals surface area contributed by atoms with Crippen LogP contribution in [0.1, 0.15) is 28.9 Å². The number of pyridine rings is 1. The maximum Gasteiger partial charge on any atom is 0.459 e. The van der Waals surface area contributed by atoms with Gasteiger partial charge in [0.15, 0.2) is 17.3 Å². The predicted octanol–water partition coefficient (Wildman–Crippen LogP) is 4.47. The lowest BCUT2D eigenvalue weighted by Crippen LogP contribution is -2.34. The van der Waals surface area contributed by atoms with E-state index in [2.05, 4.69) is 25.2 Å². The second-order valence-electron chi connectivity index (χ2n) is 7.56. The van der Waals surface area contributed by atoms with E-state index in [4.69, 9.17) is 11.6 Å². The van der Waals surface area contributed by atoms with Crippen LogP contribution in [-0.2, 0) is 13.0 Å². The SMILES string of the molecule is Cn1nc(C(F)(F)C(F)(F)F)c(OC(F)F)c1-n1cc(-c2cnc(Cl)c(C(=O)NC3CC3)c2)cn1. The van der Waals surface area contributed by atoms with Crippen molar-refractivity contribution >= 4 is 17.5 Å². The molecule has 3 heterocycles. The van der Waals surface area contributed by atoms with Gasteiger partial charge in [-0.25, -0.2) is 14.3 Å². The standard InChI is InChI=1S/C19H14ClF7N6O2/c1-32-16(12(35-17(21)22)13(31-32)18(23,24)19(25,26)27)33-7-9(6-29-33)8-4-11(14(20)28-5-8)15(34)30-10-2-3-10/h4-7,10,17H,2-3H2,1H3,(H,30,34). The van der Waals surface area contributed by atoms with E-state index in [9.17, 15) is 35.5 Å². The number of hydrogen-bond donors (Lipinski definition) is 1. The molecule has 0 aliphatic heterocycles. The van der Waals surface area contributed by atoms with Crippen molar-refractivity contribution in [3.05, 3.63) is 41.1 Å². The van der Waals surface area contributed by atoms with Crippen molar-refractivity contribution in [2.45, 2.75) is 37.6 Å². The molecule has 0 spiro atoms. The molecule has 0 radical (unpaired) electrons. The van der Waals surface area contributed by atoms with Crippen molar-refractivity contribution in [1.29, 1.82) is 0 Å². The molecule has 188 valence electrons. The van der Waals surface area contributed by atoms with Crippen LogP contribution in [-0.4, -0.2) is 49.3 Å². The molecule has 0 atom stereocenters. The molecular weight excluding hydrogens is 513 g/mol. The average Bonchev–Trinajstić information content (AvgIpc) is 3.32. The molecule has 1 aliphatic rings. The summed E-state index contributed by atoms with van der Waals surface area (Å²) >= 11 is 6.00. The monoisotopic (exact) mass is 526 g/mol. The van der Waals surface area contributed by atoms with Gasteiger partial charge >= 0.3 is 18.7 Å². The van der Waals surface area contributed by atoms with Crippen molar-refractivity contribution in [1.82, 2.24) is 29.9 Å². The summed E-state index contributed by atoms with van der Waals surface area (Å²) in [4.78, 5) is 16.3. The fraction of sp³-hybridized carbons (Fsp3) is 0.368. The summed E-state index contributed by atoms with van der Waals surface area (Å²) in [5.74, 6) is -8.28. The molecule has 0 aromatic carbocycles. The summed E-state index contributed by atoms with van der Waals surface area (Å²) in [5.41, 5.74) is -1.52. The van der Waals surface area contributed by atoms with Gasteiger partial charge in [-0.1, -0.05) is 11.6 Å². The Morgan fingerprint density at radius 2 is 1.89 bits per heavy atom. The van der Waals surface area contributed by atoms with Crippen LogP contribution in [0.25, 0.3) is 16.9 Å². The number of halogens is 8. The molecule has 1 saturated carbocycles. The fourth-order valence-corrected chi connectivity index (χ4v) is 3.32. The minimum atomic E-state index is -6.12. The second-order valence-corrected chi connectivity index (χ2v) is 7.92. The molecule has 4 rings (SSSR count). The number of nitrogens with one attached hydrogen (secondary N) is 1.